The molecule has 1 aliphatic rings. The van der Waals surface area contributed by atoms with Crippen molar-refractivity contribution >= 4 is 43.1 Å². The van der Waals surface area contributed by atoms with Crippen LogP contribution < -0.4 is 61.8 Å². The summed E-state index contributed by atoms with van der Waals surface area (Å²) < 4.78 is 64.0. The zero-order valence-corrected chi connectivity index (χ0v) is 22.2. The fraction of sp³-hybridized carbons (Fsp3) is 0.0476. The molecule has 9 nitrogen and oxygen atoms in total. The maximum atomic E-state index is 13.2. The molecular weight excluding hydrogens is 495 g/mol. The quantitative estimate of drug-likeness (QED) is 0.202. The fourth-order valence-corrected chi connectivity index (χ4v) is 5.51. The van der Waals surface area contributed by atoms with Crippen molar-refractivity contribution in [2.24, 2.45) is 0 Å². The second-order valence-electron chi connectivity index (χ2n) is 7.17. The SMILES string of the molecule is Cc1ccc(NS(=O)(=O)c2cc(S(=O)(=O)[O-])c(N)c3c2C(=O)c2ccccc2C3=O)cc1.[K+]. The van der Waals surface area contributed by atoms with Gasteiger partial charge in [0.1, 0.15) is 15.0 Å². The van der Waals surface area contributed by atoms with Crippen LogP contribution in [0.1, 0.15) is 37.4 Å². The van der Waals surface area contributed by atoms with Gasteiger partial charge in [-0.25, -0.2) is 16.8 Å². The average Bonchev–Trinajstić information content (AvgIpc) is 2.72. The minimum absolute atomic E-state index is 0. The molecule has 0 aromatic heterocycles. The Bertz CT molecular complexity index is 1530. The van der Waals surface area contributed by atoms with Crippen LogP contribution >= 0.6 is 0 Å². The number of nitrogens with two attached hydrogens (primary N) is 1. The summed E-state index contributed by atoms with van der Waals surface area (Å²) in [7, 11) is -9.89. The molecule has 3 aromatic rings. The number of nitrogen functional groups attached to an aromatic ring is 1. The topological polar surface area (TPSA) is 164 Å². The number of fused-ring (bicyclic) bond motifs is 2. The number of carbonyl (C=O) groups is 2. The molecule has 1 aliphatic carbocycles. The van der Waals surface area contributed by atoms with E-state index in [1.807, 2.05) is 0 Å². The molecule has 0 heterocycles. The summed E-state index contributed by atoms with van der Waals surface area (Å²) in [5.41, 5.74) is 4.68. The van der Waals surface area contributed by atoms with Gasteiger partial charge in [0, 0.05) is 16.8 Å². The molecule has 164 valence electrons. The van der Waals surface area contributed by atoms with Crippen molar-refractivity contribution in [1.29, 1.82) is 0 Å². The van der Waals surface area contributed by atoms with E-state index in [-0.39, 0.29) is 68.2 Å². The summed E-state index contributed by atoms with van der Waals surface area (Å²) in [6, 6.07) is 12.4. The van der Waals surface area contributed by atoms with Gasteiger partial charge in [-0.05, 0) is 25.1 Å². The predicted molar refractivity (Wildman–Crippen MR) is 114 cm³/mol. The maximum absolute atomic E-state index is 13.2. The number of benzene rings is 3. The van der Waals surface area contributed by atoms with Crippen LogP contribution in [0.15, 0.2) is 64.4 Å². The number of aryl methyl sites for hydroxylation is 1. The number of hydrogen-bond donors (Lipinski definition) is 2. The standard InChI is InChI=1S/C21H16N2O7S2.K/c1-11-6-8-12(9-7-11)23-31(26,27)15-10-16(32(28,29)30)19(22)18-17(15)20(24)13-4-2-3-5-14(13)21(18)25;/h2-10,23H,22H2,1H3,(H,28,29,30);/q;+1/p-1. The first-order chi connectivity index (χ1) is 14.9. The molecule has 0 fully saturated rings. The van der Waals surface area contributed by atoms with Crippen LogP contribution in [0, 0.1) is 6.92 Å². The molecule has 12 heteroatoms. The van der Waals surface area contributed by atoms with Crippen molar-refractivity contribution in [3.8, 4) is 0 Å². The Morgan fingerprint density at radius 1 is 0.818 bits per heavy atom. The molecule has 3 aromatic carbocycles. The Morgan fingerprint density at radius 2 is 1.33 bits per heavy atom. The van der Waals surface area contributed by atoms with Crippen molar-refractivity contribution in [2.75, 3.05) is 10.5 Å². The largest absolute Gasteiger partial charge is 1.00 e. The van der Waals surface area contributed by atoms with E-state index >= 15 is 0 Å². The second-order valence-corrected chi connectivity index (χ2v) is 10.2. The summed E-state index contributed by atoms with van der Waals surface area (Å²) in [6.45, 7) is 1.79. The molecule has 33 heavy (non-hydrogen) atoms. The van der Waals surface area contributed by atoms with Crippen molar-refractivity contribution < 1.29 is 82.4 Å². The zero-order valence-electron chi connectivity index (χ0n) is 17.4. The van der Waals surface area contributed by atoms with Gasteiger partial charge in [-0.15, -0.1) is 0 Å². The van der Waals surface area contributed by atoms with Gasteiger partial charge in [0.15, 0.2) is 11.6 Å². The van der Waals surface area contributed by atoms with Gasteiger partial charge in [0.2, 0.25) is 0 Å². The van der Waals surface area contributed by atoms with E-state index in [2.05, 4.69) is 4.72 Å². The van der Waals surface area contributed by atoms with Gasteiger partial charge in [-0.3, -0.25) is 14.3 Å². The Balaban J connectivity index is 0.00000306. The van der Waals surface area contributed by atoms with Crippen LogP contribution in [-0.2, 0) is 20.1 Å². The van der Waals surface area contributed by atoms with Crippen molar-refractivity contribution in [2.45, 2.75) is 16.7 Å². The van der Waals surface area contributed by atoms with Crippen LogP contribution in [0.2, 0.25) is 0 Å². The molecule has 0 saturated carbocycles. The predicted octanol–water partition coefficient (Wildman–Crippen LogP) is -0.938. The maximum Gasteiger partial charge on any atom is 1.00 e. The third-order valence-corrected chi connectivity index (χ3v) is 7.31. The average molecular weight is 511 g/mol. The van der Waals surface area contributed by atoms with E-state index in [1.54, 1.807) is 19.1 Å². The first kappa shape index (κ1) is 25.7. The fourth-order valence-electron chi connectivity index (χ4n) is 3.51. The second kappa shape index (κ2) is 9.04. The number of sulfonamides is 1. The molecule has 0 unspecified atom stereocenters. The minimum atomic E-state index is -5.28. The van der Waals surface area contributed by atoms with Gasteiger partial charge in [0.25, 0.3) is 10.0 Å². The molecule has 0 spiro atoms. The summed E-state index contributed by atoms with van der Waals surface area (Å²) in [5, 5.41) is 0. The monoisotopic (exact) mass is 510 g/mol. The first-order valence-corrected chi connectivity index (χ1v) is 12.0. The van der Waals surface area contributed by atoms with Crippen LogP contribution in [0.25, 0.3) is 0 Å². The third kappa shape index (κ3) is 4.57. The normalized spacial score (nSPS) is 13.0. The van der Waals surface area contributed by atoms with Crippen molar-refractivity contribution in [3.05, 3.63) is 82.4 Å². The molecule has 0 saturated heterocycles. The van der Waals surface area contributed by atoms with Crippen molar-refractivity contribution in [1.82, 2.24) is 0 Å². The van der Waals surface area contributed by atoms with Gasteiger partial charge in [-0.1, -0.05) is 42.0 Å². The van der Waals surface area contributed by atoms with Crippen molar-refractivity contribution in [3.63, 3.8) is 0 Å². The molecule has 0 amide bonds. The zero-order chi connectivity index (χ0) is 23.4. The Morgan fingerprint density at radius 3 is 1.85 bits per heavy atom. The molecule has 0 bridgehead atoms. The number of ketones is 2. The van der Waals surface area contributed by atoms with Crippen LogP contribution in [-0.4, -0.2) is 33.0 Å². The summed E-state index contributed by atoms with van der Waals surface area (Å²) >= 11 is 0. The number of hydrogen-bond acceptors (Lipinski definition) is 8. The first-order valence-electron chi connectivity index (χ1n) is 9.12. The van der Waals surface area contributed by atoms with E-state index in [4.69, 9.17) is 5.73 Å². The minimum Gasteiger partial charge on any atom is -0.744 e. The van der Waals surface area contributed by atoms with Crippen LogP contribution in [0.4, 0.5) is 11.4 Å². The molecule has 0 aliphatic heterocycles. The molecule has 0 atom stereocenters. The van der Waals surface area contributed by atoms with Gasteiger partial charge >= 0.3 is 51.4 Å². The number of rotatable bonds is 4. The van der Waals surface area contributed by atoms with E-state index in [1.165, 1.54) is 36.4 Å². The van der Waals surface area contributed by atoms with E-state index < -0.39 is 58.3 Å². The van der Waals surface area contributed by atoms with E-state index in [9.17, 15) is 31.0 Å². The molecular formula is C21H15KN2O7S2. The molecule has 4 rings (SSSR count). The Kier molecular flexibility index (Phi) is 7.04. The van der Waals surface area contributed by atoms with Gasteiger partial charge in [-0.2, -0.15) is 0 Å². The number of carbonyl (C=O) groups excluding carboxylic acids is 2. The molecule has 0 radical (unpaired) electrons. The third-order valence-electron chi connectivity index (χ3n) is 5.03. The van der Waals surface area contributed by atoms with Gasteiger partial charge in [0.05, 0.1) is 21.7 Å². The number of nitrogens with one attached hydrogen (secondary N) is 1. The van der Waals surface area contributed by atoms with E-state index in [0.29, 0.717) is 6.07 Å². The summed E-state index contributed by atoms with van der Waals surface area (Å²) in [6.07, 6.45) is 0. The smallest absolute Gasteiger partial charge is 0.744 e. The Labute approximate surface area is 232 Å². The van der Waals surface area contributed by atoms with E-state index in [0.717, 1.165) is 5.56 Å². The summed E-state index contributed by atoms with van der Waals surface area (Å²) in [4.78, 5) is 24.4. The van der Waals surface area contributed by atoms with Crippen LogP contribution in [0.3, 0.4) is 0 Å². The number of anilines is 2. The van der Waals surface area contributed by atoms with Crippen LogP contribution in [0.5, 0.6) is 0 Å². The van der Waals surface area contributed by atoms with Gasteiger partial charge < -0.3 is 10.3 Å². The summed E-state index contributed by atoms with van der Waals surface area (Å²) in [5.74, 6) is -1.69. The molecule has 3 N–H and O–H groups in total. The Hall–Kier alpha value is -1.90.